The number of amides is 1. The van der Waals surface area contributed by atoms with Gasteiger partial charge >= 0.3 is 0 Å². The summed E-state index contributed by atoms with van der Waals surface area (Å²) >= 11 is 0. The molecular weight excluding hydrogens is 400 g/mol. The molecule has 166 valence electrons. The number of methoxy groups -OCH3 is 1. The number of para-hydroxylation sites is 1. The summed E-state index contributed by atoms with van der Waals surface area (Å²) in [4.78, 5) is 17.9. The van der Waals surface area contributed by atoms with Crippen LogP contribution < -0.4 is 4.74 Å². The standard InChI is InChI=1S/C26H30N4O2/c1-19(21-7-6-10-23(17-21)32-2)28-13-15-29(16-14-28)26(31)25-18-24(20-11-12-20)27-30(25)22-8-4-3-5-9-22/h3-10,17-20H,11-16H2,1-2H3. The second-order valence-corrected chi connectivity index (χ2v) is 8.76. The highest BCUT2D eigenvalue weighted by molar-refractivity contribution is 5.93. The number of piperazine rings is 1. The minimum atomic E-state index is 0.0712. The Balaban J connectivity index is 1.30. The highest BCUT2D eigenvalue weighted by Crippen LogP contribution is 2.40. The molecule has 1 aliphatic heterocycles. The summed E-state index contributed by atoms with van der Waals surface area (Å²) in [6.45, 7) is 5.34. The third-order valence-electron chi connectivity index (χ3n) is 6.67. The molecule has 2 fully saturated rings. The third kappa shape index (κ3) is 4.15. The van der Waals surface area contributed by atoms with Crippen molar-refractivity contribution in [3.05, 3.63) is 77.6 Å². The molecule has 1 atom stereocenters. The fourth-order valence-electron chi connectivity index (χ4n) is 4.48. The number of carbonyl (C=O) groups is 1. The van der Waals surface area contributed by atoms with E-state index in [-0.39, 0.29) is 11.9 Å². The van der Waals surface area contributed by atoms with Gasteiger partial charge in [0, 0.05) is 38.1 Å². The Kier molecular flexibility index (Phi) is 5.70. The first kappa shape index (κ1) is 20.8. The maximum absolute atomic E-state index is 13.5. The minimum absolute atomic E-state index is 0.0712. The maximum atomic E-state index is 13.5. The monoisotopic (exact) mass is 430 g/mol. The van der Waals surface area contributed by atoms with E-state index in [1.807, 2.05) is 58.1 Å². The Labute approximate surface area is 189 Å². The normalized spacial score (nSPS) is 17.9. The zero-order valence-corrected chi connectivity index (χ0v) is 18.8. The molecule has 1 aliphatic carbocycles. The average molecular weight is 431 g/mol. The Bertz CT molecular complexity index is 1080. The molecule has 0 spiro atoms. The van der Waals surface area contributed by atoms with Gasteiger partial charge in [0.2, 0.25) is 0 Å². The van der Waals surface area contributed by atoms with Crippen LogP contribution in [-0.2, 0) is 0 Å². The Morgan fingerprint density at radius 2 is 1.75 bits per heavy atom. The van der Waals surface area contributed by atoms with Crippen LogP contribution in [0.2, 0.25) is 0 Å². The largest absolute Gasteiger partial charge is 0.497 e. The van der Waals surface area contributed by atoms with E-state index in [9.17, 15) is 4.79 Å². The summed E-state index contributed by atoms with van der Waals surface area (Å²) in [5.74, 6) is 1.46. The molecule has 2 heterocycles. The molecule has 1 amide bonds. The van der Waals surface area contributed by atoms with Crippen LogP contribution in [0.3, 0.4) is 0 Å². The average Bonchev–Trinajstić information content (AvgIpc) is 3.62. The number of nitrogens with zero attached hydrogens (tertiary/aromatic N) is 4. The molecule has 6 heteroatoms. The maximum Gasteiger partial charge on any atom is 0.272 e. The van der Waals surface area contributed by atoms with Gasteiger partial charge in [0.05, 0.1) is 18.5 Å². The first-order chi connectivity index (χ1) is 15.6. The lowest BCUT2D eigenvalue weighted by molar-refractivity contribution is 0.0573. The third-order valence-corrected chi connectivity index (χ3v) is 6.67. The number of benzene rings is 2. The van der Waals surface area contributed by atoms with Crippen molar-refractivity contribution in [3.63, 3.8) is 0 Å². The van der Waals surface area contributed by atoms with Crippen LogP contribution in [0.5, 0.6) is 5.75 Å². The zero-order chi connectivity index (χ0) is 22.1. The van der Waals surface area contributed by atoms with Crippen molar-refractivity contribution in [2.24, 2.45) is 0 Å². The van der Waals surface area contributed by atoms with Crippen LogP contribution >= 0.6 is 0 Å². The first-order valence-electron chi connectivity index (χ1n) is 11.5. The number of ether oxygens (including phenoxy) is 1. The van der Waals surface area contributed by atoms with Gasteiger partial charge in [0.25, 0.3) is 5.91 Å². The molecule has 6 nitrogen and oxygen atoms in total. The topological polar surface area (TPSA) is 50.6 Å². The van der Waals surface area contributed by atoms with Crippen LogP contribution in [-0.4, -0.2) is 58.8 Å². The van der Waals surface area contributed by atoms with Gasteiger partial charge in [-0.3, -0.25) is 9.69 Å². The summed E-state index contributed by atoms with van der Waals surface area (Å²) in [6.07, 6.45) is 2.33. The summed E-state index contributed by atoms with van der Waals surface area (Å²) < 4.78 is 7.22. The van der Waals surface area contributed by atoms with Gasteiger partial charge in [0.15, 0.2) is 0 Å². The fraction of sp³-hybridized carbons (Fsp3) is 0.385. The van der Waals surface area contributed by atoms with Crippen LogP contribution in [0.1, 0.15) is 53.5 Å². The van der Waals surface area contributed by atoms with Crippen molar-refractivity contribution >= 4 is 5.91 Å². The summed E-state index contributed by atoms with van der Waals surface area (Å²) in [5, 5.41) is 4.80. The minimum Gasteiger partial charge on any atom is -0.497 e. The molecule has 1 unspecified atom stereocenters. The highest BCUT2D eigenvalue weighted by Gasteiger charge is 2.32. The van der Waals surface area contributed by atoms with E-state index in [4.69, 9.17) is 9.84 Å². The molecule has 3 aromatic rings. The van der Waals surface area contributed by atoms with Crippen LogP contribution in [0.25, 0.3) is 5.69 Å². The molecule has 0 radical (unpaired) electrons. The second kappa shape index (κ2) is 8.79. The van der Waals surface area contributed by atoms with Crippen molar-refractivity contribution in [3.8, 4) is 11.4 Å². The highest BCUT2D eigenvalue weighted by atomic mass is 16.5. The van der Waals surface area contributed by atoms with E-state index in [2.05, 4.69) is 24.0 Å². The number of hydrogen-bond donors (Lipinski definition) is 0. The Hall–Kier alpha value is -3.12. The van der Waals surface area contributed by atoms with Gasteiger partial charge < -0.3 is 9.64 Å². The summed E-state index contributed by atoms with van der Waals surface area (Å²) in [6, 6.07) is 20.5. The van der Waals surface area contributed by atoms with E-state index in [1.165, 1.54) is 18.4 Å². The van der Waals surface area contributed by atoms with E-state index in [0.717, 1.165) is 30.2 Å². The van der Waals surface area contributed by atoms with Crippen molar-refractivity contribution in [1.82, 2.24) is 19.6 Å². The number of aromatic nitrogens is 2. The van der Waals surface area contributed by atoms with Crippen LogP contribution in [0, 0.1) is 0 Å². The van der Waals surface area contributed by atoms with Crippen LogP contribution in [0.4, 0.5) is 0 Å². The van der Waals surface area contributed by atoms with Gasteiger partial charge in [-0.15, -0.1) is 0 Å². The van der Waals surface area contributed by atoms with E-state index in [1.54, 1.807) is 7.11 Å². The quantitative estimate of drug-likeness (QED) is 0.586. The zero-order valence-electron chi connectivity index (χ0n) is 18.8. The molecule has 32 heavy (non-hydrogen) atoms. The van der Waals surface area contributed by atoms with Crippen molar-refractivity contribution in [1.29, 1.82) is 0 Å². The smallest absolute Gasteiger partial charge is 0.272 e. The predicted molar refractivity (Wildman–Crippen MR) is 124 cm³/mol. The van der Waals surface area contributed by atoms with Gasteiger partial charge in [-0.2, -0.15) is 5.10 Å². The van der Waals surface area contributed by atoms with Crippen LogP contribution in [0.15, 0.2) is 60.7 Å². The molecule has 0 bridgehead atoms. The number of carbonyl (C=O) groups excluding carboxylic acids is 1. The molecular formula is C26H30N4O2. The summed E-state index contributed by atoms with van der Waals surface area (Å²) in [7, 11) is 1.70. The van der Waals surface area contributed by atoms with Gasteiger partial charge in [-0.1, -0.05) is 30.3 Å². The molecule has 5 rings (SSSR count). The van der Waals surface area contributed by atoms with E-state index >= 15 is 0 Å². The Morgan fingerprint density at radius 3 is 2.44 bits per heavy atom. The molecule has 2 aliphatic rings. The Morgan fingerprint density at radius 1 is 1.00 bits per heavy atom. The molecule has 1 aromatic heterocycles. The number of hydrogen-bond acceptors (Lipinski definition) is 4. The van der Waals surface area contributed by atoms with Crippen molar-refractivity contribution in [2.45, 2.75) is 31.7 Å². The first-order valence-corrected chi connectivity index (χ1v) is 11.5. The van der Waals surface area contributed by atoms with Gasteiger partial charge in [-0.25, -0.2) is 4.68 Å². The lowest BCUT2D eigenvalue weighted by Gasteiger charge is -2.38. The van der Waals surface area contributed by atoms with Crippen molar-refractivity contribution in [2.75, 3.05) is 33.3 Å². The molecule has 1 saturated heterocycles. The molecule has 2 aromatic carbocycles. The predicted octanol–water partition coefficient (Wildman–Crippen LogP) is 4.28. The SMILES string of the molecule is COc1cccc(C(C)N2CCN(C(=O)c3cc(C4CC4)nn3-c3ccccc3)CC2)c1. The van der Waals surface area contributed by atoms with E-state index < -0.39 is 0 Å². The molecule has 1 saturated carbocycles. The second-order valence-electron chi connectivity index (χ2n) is 8.76. The number of rotatable bonds is 6. The lowest BCUT2D eigenvalue weighted by Crippen LogP contribution is -2.49. The fourth-order valence-corrected chi connectivity index (χ4v) is 4.48. The van der Waals surface area contributed by atoms with Gasteiger partial charge in [0.1, 0.15) is 11.4 Å². The van der Waals surface area contributed by atoms with E-state index in [0.29, 0.717) is 24.7 Å². The van der Waals surface area contributed by atoms with Crippen molar-refractivity contribution < 1.29 is 9.53 Å². The summed E-state index contributed by atoms with van der Waals surface area (Å²) in [5.41, 5.74) is 3.89. The van der Waals surface area contributed by atoms with Gasteiger partial charge in [-0.05, 0) is 55.7 Å². The lowest BCUT2D eigenvalue weighted by atomic mass is 10.1. The molecule has 0 N–H and O–H groups in total.